The van der Waals surface area contributed by atoms with Gasteiger partial charge in [-0.3, -0.25) is 9.13 Å². The largest absolute Gasteiger partial charge is 0.493 e. The van der Waals surface area contributed by atoms with Gasteiger partial charge in [0.1, 0.15) is 0 Å². The highest BCUT2D eigenvalue weighted by atomic mass is 79.9. The van der Waals surface area contributed by atoms with E-state index in [1.165, 1.54) is 13.4 Å². The van der Waals surface area contributed by atoms with Gasteiger partial charge in [-0.15, -0.1) is 0 Å². The minimum atomic E-state index is -4.03. The van der Waals surface area contributed by atoms with Gasteiger partial charge in [-0.1, -0.05) is 23.7 Å². The van der Waals surface area contributed by atoms with Gasteiger partial charge in [0.15, 0.2) is 11.5 Å². The van der Waals surface area contributed by atoms with E-state index in [-0.39, 0.29) is 17.1 Å². The van der Waals surface area contributed by atoms with Crippen molar-refractivity contribution < 1.29 is 17.9 Å². The molecule has 1 aliphatic rings. The van der Waals surface area contributed by atoms with Crippen LogP contribution in [-0.4, -0.2) is 42.6 Å². The third kappa shape index (κ3) is 4.16. The van der Waals surface area contributed by atoms with Gasteiger partial charge >= 0.3 is 5.69 Å². The first-order chi connectivity index (χ1) is 17.6. The van der Waals surface area contributed by atoms with E-state index in [0.717, 1.165) is 16.7 Å². The number of sulfonamides is 1. The van der Waals surface area contributed by atoms with Crippen molar-refractivity contribution in [3.05, 3.63) is 85.2 Å². The van der Waals surface area contributed by atoms with Crippen LogP contribution in [0, 0.1) is 0 Å². The zero-order valence-corrected chi connectivity index (χ0v) is 23.8. The monoisotopic (exact) mass is 605 g/mol. The van der Waals surface area contributed by atoms with Crippen molar-refractivity contribution in [3.63, 3.8) is 0 Å². The lowest BCUT2D eigenvalue weighted by molar-refractivity contribution is 0.332. The normalized spacial score (nSPS) is 16.1. The van der Waals surface area contributed by atoms with Crippen molar-refractivity contribution in [1.82, 2.24) is 13.4 Å². The van der Waals surface area contributed by atoms with Crippen LogP contribution in [0.2, 0.25) is 5.02 Å². The van der Waals surface area contributed by atoms with Crippen molar-refractivity contribution in [3.8, 4) is 11.5 Å². The van der Waals surface area contributed by atoms with E-state index >= 15 is 0 Å². The number of ether oxygens (including phenoxy) is 2. The molecule has 0 saturated heterocycles. The molecule has 0 radical (unpaired) electrons. The van der Waals surface area contributed by atoms with Crippen molar-refractivity contribution >= 4 is 48.6 Å². The molecule has 194 valence electrons. The fourth-order valence-corrected chi connectivity index (χ4v) is 7.73. The molecule has 0 aliphatic carbocycles. The van der Waals surface area contributed by atoms with Gasteiger partial charge in [0.05, 0.1) is 36.2 Å². The molecule has 8 nitrogen and oxygen atoms in total. The summed E-state index contributed by atoms with van der Waals surface area (Å²) in [6.07, 6.45) is 0.489. The van der Waals surface area contributed by atoms with Gasteiger partial charge in [-0.25, -0.2) is 13.2 Å². The van der Waals surface area contributed by atoms with Crippen LogP contribution in [0.5, 0.6) is 11.5 Å². The van der Waals surface area contributed by atoms with E-state index in [2.05, 4.69) is 15.9 Å². The van der Waals surface area contributed by atoms with E-state index in [4.69, 9.17) is 21.1 Å². The van der Waals surface area contributed by atoms with Crippen LogP contribution in [0.15, 0.2) is 62.7 Å². The van der Waals surface area contributed by atoms with Gasteiger partial charge in [-0.2, -0.15) is 4.31 Å². The lowest BCUT2D eigenvalue weighted by atomic mass is 9.89. The molecule has 0 saturated carbocycles. The van der Waals surface area contributed by atoms with E-state index in [0.29, 0.717) is 38.4 Å². The SMILES string of the molecule is COc1cc2c(cc1OC)C(c1ccc(Cl)cc1)N(S(=O)(=O)c1cc3c(cc1Br)n(C)c(=O)n3C)CC2. The number of methoxy groups -OCH3 is 2. The number of hydrogen-bond donors (Lipinski definition) is 0. The Morgan fingerprint density at radius 1 is 0.946 bits per heavy atom. The summed E-state index contributed by atoms with van der Waals surface area (Å²) in [6.45, 7) is 0.246. The van der Waals surface area contributed by atoms with Crippen LogP contribution in [0.1, 0.15) is 22.7 Å². The summed E-state index contributed by atoms with van der Waals surface area (Å²) in [5, 5.41) is 0.555. The highest BCUT2D eigenvalue weighted by Gasteiger charge is 2.39. The molecule has 3 aromatic carbocycles. The minimum absolute atomic E-state index is 0.0871. The van der Waals surface area contributed by atoms with E-state index in [1.807, 2.05) is 24.3 Å². The Balaban J connectivity index is 1.73. The Labute approximate surface area is 228 Å². The Hall–Kier alpha value is -2.79. The molecule has 0 bridgehead atoms. The molecule has 0 amide bonds. The van der Waals surface area contributed by atoms with E-state index in [1.54, 1.807) is 52.6 Å². The van der Waals surface area contributed by atoms with Gasteiger partial charge < -0.3 is 9.47 Å². The first-order valence-electron chi connectivity index (χ1n) is 11.5. The number of fused-ring (bicyclic) bond motifs is 2. The number of aryl methyl sites for hydroxylation is 2. The van der Waals surface area contributed by atoms with Crippen LogP contribution in [0.3, 0.4) is 0 Å². The first-order valence-corrected chi connectivity index (χ1v) is 14.1. The maximum Gasteiger partial charge on any atom is 0.328 e. The Bertz CT molecular complexity index is 1700. The molecule has 1 aliphatic heterocycles. The first kappa shape index (κ1) is 25.8. The smallest absolute Gasteiger partial charge is 0.328 e. The zero-order chi connectivity index (χ0) is 26.6. The maximum atomic E-state index is 14.3. The summed E-state index contributed by atoms with van der Waals surface area (Å²) in [7, 11) is 2.38. The standard InChI is InChI=1S/C26H25BrClN3O5S/c1-29-20-13-19(27)24(14-21(20)30(2)26(29)32)37(33,34)31-10-9-16-11-22(35-3)23(36-4)12-18(16)25(31)15-5-7-17(28)8-6-15/h5-8,11-14,25H,9-10H2,1-4H3. The van der Waals surface area contributed by atoms with Gasteiger partial charge in [0.25, 0.3) is 0 Å². The van der Waals surface area contributed by atoms with Gasteiger partial charge in [-0.05, 0) is 75.4 Å². The second-order valence-electron chi connectivity index (χ2n) is 8.90. The zero-order valence-electron chi connectivity index (χ0n) is 20.7. The molecular formula is C26H25BrClN3O5S. The number of imidazole rings is 1. The van der Waals surface area contributed by atoms with E-state index in [9.17, 15) is 13.2 Å². The van der Waals surface area contributed by atoms with Crippen LogP contribution < -0.4 is 15.2 Å². The molecule has 11 heteroatoms. The highest BCUT2D eigenvalue weighted by molar-refractivity contribution is 9.10. The van der Waals surface area contributed by atoms with Crippen LogP contribution >= 0.6 is 27.5 Å². The third-order valence-corrected chi connectivity index (χ3v) is 10.0. The molecule has 0 spiro atoms. The molecular weight excluding hydrogens is 582 g/mol. The molecule has 0 N–H and O–H groups in total. The van der Waals surface area contributed by atoms with Crippen molar-refractivity contribution in [2.45, 2.75) is 17.4 Å². The third-order valence-electron chi connectivity index (χ3n) is 6.93. The lowest BCUT2D eigenvalue weighted by Crippen LogP contribution is -2.40. The molecule has 4 aromatic rings. The van der Waals surface area contributed by atoms with E-state index < -0.39 is 16.1 Å². The second-order valence-corrected chi connectivity index (χ2v) is 12.0. The quantitative estimate of drug-likeness (QED) is 0.331. The lowest BCUT2D eigenvalue weighted by Gasteiger charge is -2.37. The summed E-state index contributed by atoms with van der Waals surface area (Å²) in [4.78, 5) is 12.6. The number of halogens is 2. The summed E-state index contributed by atoms with van der Waals surface area (Å²) in [5.74, 6) is 1.10. The molecule has 37 heavy (non-hydrogen) atoms. The topological polar surface area (TPSA) is 82.8 Å². The fraction of sp³-hybridized carbons (Fsp3) is 0.269. The molecule has 5 rings (SSSR count). The average Bonchev–Trinajstić information content (AvgIpc) is 3.10. The number of rotatable bonds is 5. The molecule has 0 fully saturated rings. The Kier molecular flexibility index (Phi) is 6.64. The number of nitrogens with zero attached hydrogens (tertiary/aromatic N) is 3. The summed E-state index contributed by atoms with van der Waals surface area (Å²) >= 11 is 9.62. The maximum absolute atomic E-state index is 14.3. The molecule has 2 heterocycles. The summed E-state index contributed by atoms with van der Waals surface area (Å²) < 4.78 is 44.5. The molecule has 1 atom stereocenters. The fourth-order valence-electron chi connectivity index (χ4n) is 5.00. The second kappa shape index (κ2) is 9.50. The van der Waals surface area contributed by atoms with Crippen LogP contribution in [-0.2, 0) is 30.5 Å². The van der Waals surface area contributed by atoms with Crippen LogP contribution in [0.25, 0.3) is 11.0 Å². The van der Waals surface area contributed by atoms with Crippen molar-refractivity contribution in [1.29, 1.82) is 0 Å². The average molecular weight is 607 g/mol. The predicted molar refractivity (Wildman–Crippen MR) is 146 cm³/mol. The Morgan fingerprint density at radius 3 is 2.16 bits per heavy atom. The predicted octanol–water partition coefficient (Wildman–Crippen LogP) is 4.65. The van der Waals surface area contributed by atoms with Gasteiger partial charge in [0, 0.05) is 30.1 Å². The minimum Gasteiger partial charge on any atom is -0.493 e. The van der Waals surface area contributed by atoms with Crippen molar-refractivity contribution in [2.24, 2.45) is 14.1 Å². The van der Waals surface area contributed by atoms with Crippen molar-refractivity contribution in [2.75, 3.05) is 20.8 Å². The molecule has 1 unspecified atom stereocenters. The van der Waals surface area contributed by atoms with Gasteiger partial charge in [0.2, 0.25) is 10.0 Å². The summed E-state index contributed by atoms with van der Waals surface area (Å²) in [6, 6.07) is 13.5. The highest BCUT2D eigenvalue weighted by Crippen LogP contribution is 2.44. The number of aromatic nitrogens is 2. The number of hydrogen-bond acceptors (Lipinski definition) is 5. The van der Waals surface area contributed by atoms with Crippen LogP contribution in [0.4, 0.5) is 0 Å². The number of benzene rings is 3. The molecule has 1 aromatic heterocycles. The summed E-state index contributed by atoms with van der Waals surface area (Å²) in [5.41, 5.74) is 3.48. The Morgan fingerprint density at radius 2 is 1.54 bits per heavy atom.